The molecule has 0 N–H and O–H groups in total. The summed E-state index contributed by atoms with van der Waals surface area (Å²) >= 11 is 0. The Morgan fingerprint density at radius 2 is 0.769 bits per heavy atom. The van der Waals surface area contributed by atoms with Crippen molar-refractivity contribution in [3.63, 3.8) is 0 Å². The second-order valence-corrected chi connectivity index (χ2v) is 2.15. The molecule has 0 aliphatic carbocycles. The molecule has 0 aliphatic rings. The van der Waals surface area contributed by atoms with E-state index in [-0.39, 0.29) is 21.7 Å². The molecule has 0 fully saturated rings. The smallest absolute Gasteiger partial charge is 0.184 e. The fourth-order valence-electron chi connectivity index (χ4n) is 0.684. The molecule has 0 nitrogen and oxygen atoms in total. The molecule has 2 aromatic rings. The van der Waals surface area contributed by atoms with E-state index in [1.165, 1.54) is 0 Å². The Morgan fingerprint density at radius 1 is 0.462 bits per heavy atom. The Labute approximate surface area is 94.5 Å². The molecule has 0 amide bonds. The number of benzene rings is 2. The van der Waals surface area contributed by atoms with Crippen LogP contribution in [-0.2, 0) is 21.7 Å². The van der Waals surface area contributed by atoms with Gasteiger partial charge in [-0.05, 0) is 0 Å². The minimum absolute atomic E-state index is 0. The van der Waals surface area contributed by atoms with Crippen LogP contribution in [0.4, 0.5) is 0 Å². The minimum Gasteiger partial charge on any atom is -0.184 e. The summed E-state index contributed by atoms with van der Waals surface area (Å²) in [5.74, 6) is 0. The second-order valence-electron chi connectivity index (χ2n) is 2.15. The van der Waals surface area contributed by atoms with Gasteiger partial charge in [-0.1, -0.05) is 0 Å². The summed E-state index contributed by atoms with van der Waals surface area (Å²) in [6.07, 6.45) is 0. The molecule has 2 aromatic carbocycles. The van der Waals surface area contributed by atoms with Crippen LogP contribution in [-0.4, -0.2) is 0 Å². The van der Waals surface area contributed by atoms with Gasteiger partial charge in [0.25, 0.3) is 0 Å². The average molecular weight is 202 g/mol. The van der Waals surface area contributed by atoms with Crippen molar-refractivity contribution in [3.05, 3.63) is 72.8 Å². The summed E-state index contributed by atoms with van der Waals surface area (Å²) in [5.41, 5.74) is 0. The molecule has 0 aromatic heterocycles. The molecular formula is C12H10Ti. The van der Waals surface area contributed by atoms with Gasteiger partial charge in [-0.3, -0.25) is 0 Å². The van der Waals surface area contributed by atoms with Crippen LogP contribution >= 0.6 is 0 Å². The summed E-state index contributed by atoms with van der Waals surface area (Å²) in [4.78, 5) is 0. The predicted octanol–water partition coefficient (Wildman–Crippen LogP) is 2.97. The summed E-state index contributed by atoms with van der Waals surface area (Å²) in [6, 6.07) is 25.0. The molecule has 0 atom stereocenters. The Kier molecular flexibility index (Phi) is 8.64. The van der Waals surface area contributed by atoms with Gasteiger partial charge in [0.2, 0.25) is 0 Å². The van der Waals surface area contributed by atoms with Crippen LogP contribution in [0.3, 0.4) is 0 Å². The first kappa shape index (κ1) is 12.2. The number of hydrogen-bond donors (Lipinski definition) is 0. The molecule has 0 radical (unpaired) electrons. The third-order valence-corrected chi connectivity index (χ3v) is 1.21. The third kappa shape index (κ3) is 7.51. The third-order valence-electron chi connectivity index (χ3n) is 1.21. The molecular weight excluding hydrogens is 192 g/mol. The van der Waals surface area contributed by atoms with Gasteiger partial charge in [0.1, 0.15) is 0 Å². The van der Waals surface area contributed by atoms with Crippen LogP contribution in [0.2, 0.25) is 0 Å². The molecule has 0 spiro atoms. The molecule has 0 heterocycles. The standard InChI is InChI=1S/2C6H5.Ti/c2*1-2-4-6-5-3-1;/h2*1-5H;/q2*-1;+2. The van der Waals surface area contributed by atoms with Gasteiger partial charge in [-0.2, -0.15) is 72.8 Å². The van der Waals surface area contributed by atoms with Crippen molar-refractivity contribution in [2.45, 2.75) is 0 Å². The zero-order valence-corrected chi connectivity index (χ0v) is 8.84. The molecule has 0 bridgehead atoms. The van der Waals surface area contributed by atoms with Crippen molar-refractivity contribution in [1.29, 1.82) is 0 Å². The first-order chi connectivity index (χ1) is 6.00. The molecule has 0 aliphatic heterocycles. The Balaban J connectivity index is 0.000000206. The molecule has 0 saturated carbocycles. The molecule has 0 saturated heterocycles. The zero-order chi connectivity index (χ0) is 8.49. The van der Waals surface area contributed by atoms with Crippen LogP contribution in [0.15, 0.2) is 60.7 Å². The van der Waals surface area contributed by atoms with E-state index >= 15 is 0 Å². The minimum atomic E-state index is 0. The van der Waals surface area contributed by atoms with Crippen LogP contribution in [0.25, 0.3) is 0 Å². The molecule has 2 rings (SSSR count). The topological polar surface area (TPSA) is 0 Å². The first-order valence-corrected chi connectivity index (χ1v) is 3.82. The largest absolute Gasteiger partial charge is 2.00 e. The van der Waals surface area contributed by atoms with Crippen LogP contribution in [0, 0.1) is 12.1 Å². The molecule has 13 heavy (non-hydrogen) atoms. The van der Waals surface area contributed by atoms with Crippen molar-refractivity contribution < 1.29 is 21.7 Å². The van der Waals surface area contributed by atoms with E-state index in [2.05, 4.69) is 12.1 Å². The maximum absolute atomic E-state index is 2.89. The van der Waals surface area contributed by atoms with Gasteiger partial charge in [-0.15, -0.1) is 0 Å². The molecule has 62 valence electrons. The van der Waals surface area contributed by atoms with Crippen molar-refractivity contribution in [2.75, 3.05) is 0 Å². The van der Waals surface area contributed by atoms with Crippen molar-refractivity contribution >= 4 is 0 Å². The van der Waals surface area contributed by atoms with Gasteiger partial charge in [0.15, 0.2) is 0 Å². The maximum Gasteiger partial charge on any atom is 2.00 e. The van der Waals surface area contributed by atoms with E-state index in [4.69, 9.17) is 0 Å². The summed E-state index contributed by atoms with van der Waals surface area (Å²) in [7, 11) is 0. The van der Waals surface area contributed by atoms with Gasteiger partial charge >= 0.3 is 21.7 Å². The van der Waals surface area contributed by atoms with E-state index in [0.29, 0.717) is 0 Å². The van der Waals surface area contributed by atoms with Crippen LogP contribution in [0.5, 0.6) is 0 Å². The SMILES string of the molecule is [Ti+2].[c-]1ccccc1.[c-]1ccccc1. The zero-order valence-electron chi connectivity index (χ0n) is 7.27. The van der Waals surface area contributed by atoms with Crippen molar-refractivity contribution in [3.8, 4) is 0 Å². The second kappa shape index (κ2) is 9.24. The van der Waals surface area contributed by atoms with E-state index in [9.17, 15) is 0 Å². The first-order valence-electron chi connectivity index (χ1n) is 3.82. The van der Waals surface area contributed by atoms with Gasteiger partial charge in [0.05, 0.1) is 0 Å². The van der Waals surface area contributed by atoms with Gasteiger partial charge < -0.3 is 0 Å². The predicted molar refractivity (Wildman–Crippen MR) is 50.6 cm³/mol. The fourth-order valence-corrected chi connectivity index (χ4v) is 0.684. The van der Waals surface area contributed by atoms with E-state index < -0.39 is 0 Å². The summed E-state index contributed by atoms with van der Waals surface area (Å²) in [5, 5.41) is 0. The molecule has 0 unspecified atom stereocenters. The Bertz CT molecular complexity index is 181. The van der Waals surface area contributed by atoms with Gasteiger partial charge in [-0.25, -0.2) is 0 Å². The number of hydrogen-bond acceptors (Lipinski definition) is 0. The van der Waals surface area contributed by atoms with E-state index in [1.807, 2.05) is 60.7 Å². The van der Waals surface area contributed by atoms with E-state index in [1.54, 1.807) is 0 Å². The normalized spacial score (nSPS) is 7.38. The van der Waals surface area contributed by atoms with Crippen LogP contribution < -0.4 is 0 Å². The number of rotatable bonds is 0. The maximum atomic E-state index is 2.89. The summed E-state index contributed by atoms with van der Waals surface area (Å²) < 4.78 is 0. The van der Waals surface area contributed by atoms with Crippen LogP contribution in [0.1, 0.15) is 0 Å². The Hall–Kier alpha value is -0.846. The van der Waals surface area contributed by atoms with Gasteiger partial charge in [0, 0.05) is 0 Å². The van der Waals surface area contributed by atoms with E-state index in [0.717, 1.165) is 0 Å². The van der Waals surface area contributed by atoms with Crippen molar-refractivity contribution in [1.82, 2.24) is 0 Å². The Morgan fingerprint density at radius 3 is 0.846 bits per heavy atom. The van der Waals surface area contributed by atoms with Crippen molar-refractivity contribution in [2.24, 2.45) is 0 Å². The summed E-state index contributed by atoms with van der Waals surface area (Å²) in [6.45, 7) is 0. The average Bonchev–Trinajstić information content (AvgIpc) is 2.24. The fraction of sp³-hybridized carbons (Fsp3) is 0. The quantitative estimate of drug-likeness (QED) is 0.455. The monoisotopic (exact) mass is 202 g/mol. The molecule has 1 heteroatoms.